The minimum Gasteiger partial charge on any atom is -0.352 e. The number of benzene rings is 2. The molecule has 0 radical (unpaired) electrons. The van der Waals surface area contributed by atoms with Gasteiger partial charge in [-0.15, -0.1) is 0 Å². The first-order valence-electron chi connectivity index (χ1n) is 8.83. The normalized spacial score (nSPS) is 11.5. The number of sulfonamides is 1. The Morgan fingerprint density at radius 2 is 1.69 bits per heavy atom. The molecule has 2 aromatic rings. The fourth-order valence-electron chi connectivity index (χ4n) is 2.78. The van der Waals surface area contributed by atoms with E-state index in [0.717, 1.165) is 17.5 Å². The minimum absolute atomic E-state index is 0.153. The summed E-state index contributed by atoms with van der Waals surface area (Å²) in [6.07, 6.45) is 0.725. The Balaban J connectivity index is 2.14. The van der Waals surface area contributed by atoms with Crippen LogP contribution in [0.2, 0.25) is 0 Å². The Kier molecular flexibility index (Phi) is 6.94. The minimum atomic E-state index is -3.58. The molecular formula is C20H26N2O3S. The smallest absolute Gasteiger partial charge is 0.251 e. The van der Waals surface area contributed by atoms with E-state index in [2.05, 4.69) is 5.32 Å². The molecule has 6 heteroatoms. The predicted octanol–water partition coefficient (Wildman–Crippen LogP) is 3.00. The molecule has 0 aliphatic rings. The van der Waals surface area contributed by atoms with Crippen molar-refractivity contribution in [2.45, 2.75) is 32.1 Å². The highest BCUT2D eigenvalue weighted by molar-refractivity contribution is 7.89. The van der Waals surface area contributed by atoms with Crippen LogP contribution in [0.4, 0.5) is 0 Å². The first kappa shape index (κ1) is 20.1. The lowest BCUT2D eigenvalue weighted by Gasteiger charge is -2.19. The number of rotatable bonds is 8. The topological polar surface area (TPSA) is 66.5 Å². The first-order chi connectivity index (χ1) is 12.4. The van der Waals surface area contributed by atoms with E-state index >= 15 is 0 Å². The second-order valence-corrected chi connectivity index (χ2v) is 8.00. The summed E-state index contributed by atoms with van der Waals surface area (Å²) in [5.74, 6) is -0.255. The van der Waals surface area contributed by atoms with Gasteiger partial charge in [-0.25, -0.2) is 8.42 Å². The summed E-state index contributed by atoms with van der Waals surface area (Å²) < 4.78 is 26.7. The van der Waals surface area contributed by atoms with Gasteiger partial charge >= 0.3 is 0 Å². The van der Waals surface area contributed by atoms with Crippen molar-refractivity contribution >= 4 is 15.9 Å². The van der Waals surface area contributed by atoms with E-state index in [-0.39, 0.29) is 10.8 Å². The third-order valence-corrected chi connectivity index (χ3v) is 6.38. The predicted molar refractivity (Wildman–Crippen MR) is 104 cm³/mol. The summed E-state index contributed by atoms with van der Waals surface area (Å²) in [6.45, 7) is 6.69. The van der Waals surface area contributed by atoms with Crippen LogP contribution in [-0.4, -0.2) is 38.3 Å². The van der Waals surface area contributed by atoms with Crippen molar-refractivity contribution in [1.82, 2.24) is 9.62 Å². The van der Waals surface area contributed by atoms with Gasteiger partial charge in [-0.3, -0.25) is 4.79 Å². The van der Waals surface area contributed by atoms with E-state index in [1.165, 1.54) is 10.4 Å². The lowest BCUT2D eigenvalue weighted by Crippen LogP contribution is -2.31. The maximum Gasteiger partial charge on any atom is 0.251 e. The summed E-state index contributed by atoms with van der Waals surface area (Å²) in [4.78, 5) is 12.7. The molecule has 0 fully saturated rings. The Labute approximate surface area is 156 Å². The maximum atomic E-state index is 12.7. The highest BCUT2D eigenvalue weighted by Crippen LogP contribution is 2.19. The SMILES string of the molecule is CCN(CC)S(=O)(=O)c1ccc(C)c(C(=O)NCCc2ccccc2)c1. The Morgan fingerprint density at radius 3 is 2.31 bits per heavy atom. The number of carbonyl (C=O) groups is 1. The molecule has 0 aromatic heterocycles. The van der Waals surface area contributed by atoms with Crippen LogP contribution in [-0.2, 0) is 16.4 Å². The van der Waals surface area contributed by atoms with E-state index < -0.39 is 10.0 Å². The molecule has 0 bridgehead atoms. The number of hydrogen-bond acceptors (Lipinski definition) is 3. The van der Waals surface area contributed by atoms with Crippen molar-refractivity contribution in [3.8, 4) is 0 Å². The van der Waals surface area contributed by atoms with Crippen molar-refractivity contribution in [3.63, 3.8) is 0 Å². The van der Waals surface area contributed by atoms with Gasteiger partial charge in [0.15, 0.2) is 0 Å². The number of amides is 1. The van der Waals surface area contributed by atoms with Crippen LogP contribution in [0.5, 0.6) is 0 Å². The highest BCUT2D eigenvalue weighted by Gasteiger charge is 2.23. The summed E-state index contributed by atoms with van der Waals surface area (Å²) >= 11 is 0. The number of aryl methyl sites for hydroxylation is 1. The molecule has 1 N–H and O–H groups in total. The molecule has 0 saturated carbocycles. The maximum absolute atomic E-state index is 12.7. The Bertz CT molecular complexity index is 845. The van der Waals surface area contributed by atoms with Gasteiger partial charge in [-0.2, -0.15) is 4.31 Å². The molecular weight excluding hydrogens is 348 g/mol. The van der Waals surface area contributed by atoms with Crippen molar-refractivity contribution in [3.05, 3.63) is 65.2 Å². The molecule has 1 amide bonds. The zero-order valence-corrected chi connectivity index (χ0v) is 16.3. The fraction of sp³-hybridized carbons (Fsp3) is 0.350. The van der Waals surface area contributed by atoms with E-state index in [9.17, 15) is 13.2 Å². The molecule has 2 aromatic carbocycles. The third-order valence-electron chi connectivity index (χ3n) is 4.34. The lowest BCUT2D eigenvalue weighted by atomic mass is 10.1. The molecule has 0 spiro atoms. The zero-order chi connectivity index (χ0) is 19.2. The summed E-state index contributed by atoms with van der Waals surface area (Å²) in [5, 5.41) is 2.88. The van der Waals surface area contributed by atoms with Gasteiger partial charge in [0.2, 0.25) is 10.0 Å². The zero-order valence-electron chi connectivity index (χ0n) is 15.5. The van der Waals surface area contributed by atoms with Crippen LogP contribution in [0, 0.1) is 6.92 Å². The summed E-state index contributed by atoms with van der Waals surface area (Å²) in [6, 6.07) is 14.6. The molecule has 0 heterocycles. The van der Waals surface area contributed by atoms with Crippen LogP contribution >= 0.6 is 0 Å². The van der Waals surface area contributed by atoms with Gasteiger partial charge < -0.3 is 5.32 Å². The molecule has 0 aliphatic heterocycles. The molecule has 2 rings (SSSR count). The lowest BCUT2D eigenvalue weighted by molar-refractivity contribution is 0.0953. The quantitative estimate of drug-likeness (QED) is 0.772. The highest BCUT2D eigenvalue weighted by atomic mass is 32.2. The molecule has 140 valence electrons. The van der Waals surface area contributed by atoms with Crippen molar-refractivity contribution in [2.75, 3.05) is 19.6 Å². The third kappa shape index (κ3) is 4.71. The summed E-state index contributed by atoms with van der Waals surface area (Å²) in [7, 11) is -3.58. The van der Waals surface area contributed by atoms with Gasteiger partial charge in [0.1, 0.15) is 0 Å². The van der Waals surface area contributed by atoms with Gasteiger partial charge in [-0.05, 0) is 36.6 Å². The average Bonchev–Trinajstić information content (AvgIpc) is 2.63. The van der Waals surface area contributed by atoms with Gasteiger partial charge in [0, 0.05) is 25.2 Å². The standard InChI is InChI=1S/C20H26N2O3S/c1-4-22(5-2)26(24,25)18-12-11-16(3)19(15-18)20(23)21-14-13-17-9-7-6-8-10-17/h6-12,15H,4-5,13-14H2,1-3H3,(H,21,23). The Hall–Kier alpha value is -2.18. The van der Waals surface area contributed by atoms with Crippen LogP contribution in [0.3, 0.4) is 0 Å². The second kappa shape index (κ2) is 8.96. The van der Waals surface area contributed by atoms with Gasteiger partial charge in [0.05, 0.1) is 4.90 Å². The Morgan fingerprint density at radius 1 is 1.04 bits per heavy atom. The van der Waals surface area contributed by atoms with E-state index in [1.807, 2.05) is 30.3 Å². The van der Waals surface area contributed by atoms with Crippen molar-refractivity contribution in [1.29, 1.82) is 0 Å². The second-order valence-electron chi connectivity index (χ2n) is 6.06. The molecule has 0 saturated heterocycles. The molecule has 5 nitrogen and oxygen atoms in total. The van der Waals surface area contributed by atoms with Crippen LogP contribution < -0.4 is 5.32 Å². The number of nitrogens with one attached hydrogen (secondary N) is 1. The molecule has 0 aliphatic carbocycles. The van der Waals surface area contributed by atoms with E-state index in [0.29, 0.717) is 25.2 Å². The van der Waals surface area contributed by atoms with Crippen molar-refractivity contribution < 1.29 is 13.2 Å². The molecule has 26 heavy (non-hydrogen) atoms. The number of hydrogen-bond donors (Lipinski definition) is 1. The molecule has 0 atom stereocenters. The number of carbonyl (C=O) groups excluding carboxylic acids is 1. The fourth-order valence-corrected chi connectivity index (χ4v) is 4.26. The number of nitrogens with zero attached hydrogens (tertiary/aromatic N) is 1. The molecule has 0 unspecified atom stereocenters. The van der Waals surface area contributed by atoms with Crippen LogP contribution in [0.25, 0.3) is 0 Å². The van der Waals surface area contributed by atoms with Gasteiger partial charge in [-0.1, -0.05) is 50.2 Å². The van der Waals surface area contributed by atoms with Gasteiger partial charge in [0.25, 0.3) is 5.91 Å². The first-order valence-corrected chi connectivity index (χ1v) is 10.3. The van der Waals surface area contributed by atoms with E-state index in [4.69, 9.17) is 0 Å². The van der Waals surface area contributed by atoms with E-state index in [1.54, 1.807) is 32.9 Å². The van der Waals surface area contributed by atoms with Crippen LogP contribution in [0.1, 0.15) is 35.3 Å². The monoisotopic (exact) mass is 374 g/mol. The van der Waals surface area contributed by atoms with Crippen LogP contribution in [0.15, 0.2) is 53.4 Å². The average molecular weight is 375 g/mol. The van der Waals surface area contributed by atoms with Crippen molar-refractivity contribution in [2.24, 2.45) is 0 Å². The summed E-state index contributed by atoms with van der Waals surface area (Å²) in [5.41, 5.74) is 2.29. The largest absolute Gasteiger partial charge is 0.352 e.